The van der Waals surface area contributed by atoms with E-state index in [-0.39, 0.29) is 0 Å². The monoisotopic (exact) mass is 418 g/mol. The minimum Gasteiger partial charge on any atom is -0.260 e. The molecule has 1 unspecified atom stereocenters. The molecule has 0 N–H and O–H groups in total. The van der Waals surface area contributed by atoms with Crippen molar-refractivity contribution in [3.05, 3.63) is 0 Å². The second-order valence-corrected chi connectivity index (χ2v) is 9.17. The second-order valence-electron chi connectivity index (χ2n) is 2.88. The smallest absolute Gasteiger partial charge is 0.0682 e. The normalized spacial score (nSPS) is 21.8. The molecule has 0 radical (unpaired) electrons. The van der Waals surface area contributed by atoms with Gasteiger partial charge in [-0.3, -0.25) is 4.08 Å². The molecule has 0 bridgehead atoms. The van der Waals surface area contributed by atoms with Crippen molar-refractivity contribution in [1.82, 2.24) is 0 Å². The Morgan fingerprint density at radius 2 is 2.18 bits per heavy atom. The van der Waals surface area contributed by atoms with Crippen LogP contribution in [-0.4, -0.2) is 8.09 Å². The first-order valence-corrected chi connectivity index (χ1v) is 7.41. The van der Waals surface area contributed by atoms with E-state index in [0.29, 0.717) is 14.2 Å². The van der Waals surface area contributed by atoms with Crippen LogP contribution in [0.3, 0.4) is 0 Å². The highest BCUT2D eigenvalue weighted by Gasteiger charge is 2.46. The third kappa shape index (κ3) is 3.41. The highest BCUT2D eigenvalue weighted by atomic mass is 127. The van der Waals surface area contributed by atoms with Gasteiger partial charge in [0.25, 0.3) is 0 Å². The van der Waals surface area contributed by atoms with Crippen molar-refractivity contribution in [2.24, 2.45) is 5.41 Å². The van der Waals surface area contributed by atoms with Crippen molar-refractivity contribution in [3.63, 3.8) is 0 Å². The average Bonchev–Trinajstić information content (AvgIpc) is 2.70. The zero-order valence-corrected chi connectivity index (χ0v) is 12.0. The Balaban J connectivity index is 2.14. The zero-order valence-electron chi connectivity index (χ0n) is 5.95. The Labute approximate surface area is 102 Å². The van der Waals surface area contributed by atoms with Gasteiger partial charge in [0.2, 0.25) is 0 Å². The van der Waals surface area contributed by atoms with Crippen LogP contribution in [0.15, 0.2) is 0 Å². The SMILES string of the molecule is ClOPCCC1(C(I)I)CC1. The minimum atomic E-state index is 0.480. The van der Waals surface area contributed by atoms with E-state index >= 15 is 0 Å². The van der Waals surface area contributed by atoms with Crippen molar-refractivity contribution >= 4 is 65.9 Å². The first-order valence-electron chi connectivity index (χ1n) is 3.50. The fourth-order valence-electron chi connectivity index (χ4n) is 1.08. The molecule has 1 nitrogen and oxygen atoms in total. The van der Waals surface area contributed by atoms with Gasteiger partial charge in [-0.15, -0.1) is 0 Å². The van der Waals surface area contributed by atoms with Crippen LogP contribution in [0.2, 0.25) is 0 Å². The van der Waals surface area contributed by atoms with Gasteiger partial charge < -0.3 is 0 Å². The molecule has 1 rings (SSSR count). The maximum Gasteiger partial charge on any atom is 0.0682 e. The molecule has 0 aliphatic heterocycles. The highest BCUT2D eigenvalue weighted by molar-refractivity contribution is 14.2. The molecule has 0 aromatic rings. The van der Waals surface area contributed by atoms with E-state index in [1.807, 2.05) is 0 Å². The quantitative estimate of drug-likeness (QED) is 0.283. The summed E-state index contributed by atoms with van der Waals surface area (Å²) in [5, 5.41) is 0. The van der Waals surface area contributed by atoms with Crippen LogP contribution >= 0.6 is 65.9 Å². The standard InChI is InChI=1S/C6H10ClI2OP/c7-10-11-4-3-6(1-2-6)5(8)9/h5,11H,1-4H2. The molecule has 0 amide bonds. The zero-order chi connectivity index (χ0) is 8.32. The molecular weight excluding hydrogens is 408 g/mol. The molecule has 0 spiro atoms. The van der Waals surface area contributed by atoms with Gasteiger partial charge in [0.1, 0.15) is 0 Å². The fraction of sp³-hybridized carbons (Fsp3) is 1.00. The summed E-state index contributed by atoms with van der Waals surface area (Å²) in [5.41, 5.74) is 0.642. The molecule has 1 fully saturated rings. The van der Waals surface area contributed by atoms with E-state index in [9.17, 15) is 0 Å². The van der Waals surface area contributed by atoms with Crippen LogP contribution in [0.1, 0.15) is 19.3 Å². The van der Waals surface area contributed by atoms with E-state index in [2.05, 4.69) is 49.3 Å². The first kappa shape index (κ1) is 11.2. The molecule has 11 heavy (non-hydrogen) atoms. The third-order valence-electron chi connectivity index (χ3n) is 2.13. The van der Waals surface area contributed by atoms with Gasteiger partial charge in [-0.2, -0.15) is 0 Å². The van der Waals surface area contributed by atoms with Gasteiger partial charge in [0.05, 0.1) is 13.8 Å². The van der Waals surface area contributed by atoms with Crippen molar-refractivity contribution in [1.29, 1.82) is 0 Å². The first-order chi connectivity index (χ1) is 5.21. The summed E-state index contributed by atoms with van der Waals surface area (Å²) in [6.45, 7) is 0. The van der Waals surface area contributed by atoms with Crippen LogP contribution in [0, 0.1) is 5.41 Å². The predicted molar refractivity (Wildman–Crippen MR) is 68.2 cm³/mol. The minimum absolute atomic E-state index is 0.480. The van der Waals surface area contributed by atoms with Gasteiger partial charge in [0.15, 0.2) is 0 Å². The largest absolute Gasteiger partial charge is 0.260 e. The maximum atomic E-state index is 5.14. The molecule has 0 saturated heterocycles. The molecule has 1 atom stereocenters. The van der Waals surface area contributed by atoms with Gasteiger partial charge in [-0.25, -0.2) is 0 Å². The van der Waals surface area contributed by atoms with Gasteiger partial charge in [-0.1, -0.05) is 45.2 Å². The maximum absolute atomic E-state index is 5.14. The predicted octanol–water partition coefficient (Wildman–Crippen LogP) is 4.12. The lowest BCUT2D eigenvalue weighted by molar-refractivity contribution is 0.558. The van der Waals surface area contributed by atoms with Crippen molar-refractivity contribution in [3.8, 4) is 0 Å². The topological polar surface area (TPSA) is 9.23 Å². The summed E-state index contributed by atoms with van der Waals surface area (Å²) in [6.07, 6.45) is 5.22. The van der Waals surface area contributed by atoms with E-state index in [4.69, 9.17) is 11.9 Å². The molecule has 1 aliphatic rings. The van der Waals surface area contributed by atoms with Crippen molar-refractivity contribution in [2.75, 3.05) is 6.16 Å². The van der Waals surface area contributed by atoms with Gasteiger partial charge >= 0.3 is 0 Å². The van der Waals surface area contributed by atoms with Gasteiger partial charge in [0, 0.05) is 8.81 Å². The lowest BCUT2D eigenvalue weighted by Crippen LogP contribution is -2.09. The third-order valence-corrected chi connectivity index (χ3v) is 5.67. The Bertz CT molecular complexity index is 130. The van der Waals surface area contributed by atoms with E-state index in [1.165, 1.54) is 19.3 Å². The fourth-order valence-corrected chi connectivity index (χ4v) is 3.85. The molecule has 5 heteroatoms. The van der Waals surface area contributed by atoms with Crippen LogP contribution in [0.4, 0.5) is 0 Å². The summed E-state index contributed by atoms with van der Waals surface area (Å²) in [6, 6.07) is 0. The number of hydrogen-bond donors (Lipinski definition) is 0. The average molecular weight is 418 g/mol. The molecule has 0 heterocycles. The van der Waals surface area contributed by atoms with Crippen LogP contribution in [-0.2, 0) is 4.08 Å². The number of rotatable bonds is 5. The van der Waals surface area contributed by atoms with Crippen LogP contribution < -0.4 is 0 Å². The lowest BCUT2D eigenvalue weighted by Gasteiger charge is -2.15. The molecule has 1 aliphatic carbocycles. The Morgan fingerprint density at radius 1 is 1.55 bits per heavy atom. The molecule has 0 aromatic carbocycles. The number of alkyl halides is 2. The Kier molecular flexibility index (Phi) is 5.23. The Hall–Kier alpha value is 2.14. The highest BCUT2D eigenvalue weighted by Crippen LogP contribution is 2.57. The number of hydrogen-bond acceptors (Lipinski definition) is 1. The summed E-state index contributed by atoms with van der Waals surface area (Å²) in [7, 11) is 0.480. The van der Waals surface area contributed by atoms with E-state index in [1.54, 1.807) is 0 Å². The van der Waals surface area contributed by atoms with E-state index in [0.717, 1.165) is 8.09 Å². The molecule has 66 valence electrons. The van der Waals surface area contributed by atoms with Gasteiger partial charge in [-0.05, 0) is 30.8 Å². The summed E-state index contributed by atoms with van der Waals surface area (Å²) >= 11 is 10.2. The Morgan fingerprint density at radius 3 is 2.55 bits per heavy atom. The summed E-state index contributed by atoms with van der Waals surface area (Å²) < 4.78 is 5.32. The molecular formula is C6H10ClI2OP. The van der Waals surface area contributed by atoms with E-state index < -0.39 is 0 Å². The molecule has 0 aromatic heterocycles. The summed E-state index contributed by atoms with van der Waals surface area (Å²) in [5.74, 6) is 0. The van der Waals surface area contributed by atoms with Crippen molar-refractivity contribution < 1.29 is 4.08 Å². The molecule has 1 saturated carbocycles. The van der Waals surface area contributed by atoms with Crippen LogP contribution in [0.5, 0.6) is 0 Å². The van der Waals surface area contributed by atoms with Crippen LogP contribution in [0.25, 0.3) is 0 Å². The van der Waals surface area contributed by atoms with Crippen molar-refractivity contribution in [2.45, 2.75) is 21.2 Å². The number of halogens is 3. The summed E-state index contributed by atoms with van der Waals surface area (Å²) in [4.78, 5) is 0. The lowest BCUT2D eigenvalue weighted by atomic mass is 10.1. The second kappa shape index (κ2) is 5.13.